The minimum atomic E-state index is -4.47. The van der Waals surface area contributed by atoms with Crippen molar-refractivity contribution in [2.75, 3.05) is 18.4 Å². The van der Waals surface area contributed by atoms with Crippen molar-refractivity contribution in [3.8, 4) is 6.07 Å². The van der Waals surface area contributed by atoms with Crippen molar-refractivity contribution in [2.45, 2.75) is 38.3 Å². The Bertz CT molecular complexity index is 616. The van der Waals surface area contributed by atoms with Crippen LogP contribution in [0.2, 0.25) is 0 Å². The maximum atomic E-state index is 12.6. The first-order chi connectivity index (χ1) is 11.4. The van der Waals surface area contributed by atoms with Gasteiger partial charge in [-0.3, -0.25) is 4.79 Å². The molecule has 130 valence electrons. The van der Waals surface area contributed by atoms with Crippen LogP contribution in [-0.4, -0.2) is 19.0 Å². The number of carbonyl (C=O) groups is 1. The van der Waals surface area contributed by atoms with Crippen molar-refractivity contribution in [2.24, 2.45) is 5.92 Å². The lowest BCUT2D eigenvalue weighted by atomic mass is 10.0. The molecular formula is C17H20F3N3O. The second kappa shape index (κ2) is 8.04. The first-order valence-electron chi connectivity index (χ1n) is 8.02. The molecule has 1 aromatic rings. The lowest BCUT2D eigenvalue weighted by Gasteiger charge is -2.13. The molecule has 4 nitrogen and oxygen atoms in total. The van der Waals surface area contributed by atoms with Gasteiger partial charge in [-0.05, 0) is 37.0 Å². The van der Waals surface area contributed by atoms with Crippen LogP contribution in [0.5, 0.6) is 0 Å². The molecule has 1 aliphatic carbocycles. The molecule has 0 heterocycles. The van der Waals surface area contributed by atoms with E-state index in [0.29, 0.717) is 31.1 Å². The summed E-state index contributed by atoms with van der Waals surface area (Å²) in [5, 5.41) is 14.7. The van der Waals surface area contributed by atoms with E-state index in [-0.39, 0.29) is 11.5 Å². The summed E-state index contributed by atoms with van der Waals surface area (Å²) in [7, 11) is 0. The fourth-order valence-corrected chi connectivity index (χ4v) is 2.92. The summed E-state index contributed by atoms with van der Waals surface area (Å²) in [6.07, 6.45) is 0.627. The standard InChI is InChI=1S/C17H20F3N3O/c18-17(19,20)14-5-6-15(13(10-14)11-21)22-7-8-23-16(24)9-12-3-1-2-4-12/h5-6,10,12,22H,1-4,7-9H2,(H,23,24). The number of carbonyl (C=O) groups excluding carboxylic acids is 1. The number of nitrogens with one attached hydrogen (secondary N) is 2. The van der Waals surface area contributed by atoms with Crippen molar-refractivity contribution >= 4 is 11.6 Å². The number of nitriles is 1. The quantitative estimate of drug-likeness (QED) is 0.777. The smallest absolute Gasteiger partial charge is 0.382 e. The first-order valence-corrected chi connectivity index (χ1v) is 8.02. The second-order valence-electron chi connectivity index (χ2n) is 6.00. The summed E-state index contributed by atoms with van der Waals surface area (Å²) in [4.78, 5) is 11.8. The molecule has 2 rings (SSSR count). The second-order valence-corrected chi connectivity index (χ2v) is 6.00. The molecule has 0 unspecified atom stereocenters. The van der Waals surface area contributed by atoms with Gasteiger partial charge < -0.3 is 10.6 Å². The molecule has 0 spiro atoms. The maximum Gasteiger partial charge on any atom is 0.416 e. The fourth-order valence-electron chi connectivity index (χ4n) is 2.92. The van der Waals surface area contributed by atoms with Gasteiger partial charge in [0.05, 0.1) is 16.8 Å². The Hall–Kier alpha value is -2.23. The number of rotatable bonds is 6. The number of amides is 1. The van der Waals surface area contributed by atoms with E-state index in [1.165, 1.54) is 18.9 Å². The van der Waals surface area contributed by atoms with Crippen LogP contribution in [0.3, 0.4) is 0 Å². The van der Waals surface area contributed by atoms with Crippen molar-refractivity contribution in [1.82, 2.24) is 5.32 Å². The Morgan fingerprint density at radius 2 is 1.96 bits per heavy atom. The lowest BCUT2D eigenvalue weighted by Crippen LogP contribution is -2.30. The zero-order chi connectivity index (χ0) is 17.6. The Labute approximate surface area is 139 Å². The molecule has 0 bridgehead atoms. The molecule has 2 N–H and O–H groups in total. The zero-order valence-electron chi connectivity index (χ0n) is 13.2. The summed E-state index contributed by atoms with van der Waals surface area (Å²) in [6.45, 7) is 0.702. The molecule has 1 aliphatic rings. The normalized spacial score (nSPS) is 15.1. The average molecular weight is 339 g/mol. The van der Waals surface area contributed by atoms with Crippen LogP contribution in [0.4, 0.5) is 18.9 Å². The molecule has 1 fully saturated rings. The van der Waals surface area contributed by atoms with Crippen LogP contribution < -0.4 is 10.6 Å². The Morgan fingerprint density at radius 3 is 2.58 bits per heavy atom. The highest BCUT2D eigenvalue weighted by atomic mass is 19.4. The van der Waals surface area contributed by atoms with Crippen molar-refractivity contribution in [3.63, 3.8) is 0 Å². The van der Waals surface area contributed by atoms with Gasteiger partial charge in [0.15, 0.2) is 0 Å². The Kier molecular flexibility index (Phi) is 6.07. The van der Waals surface area contributed by atoms with Gasteiger partial charge in [0, 0.05) is 19.5 Å². The third kappa shape index (κ3) is 5.15. The predicted octanol–water partition coefficient (Wildman–Crippen LogP) is 3.69. The van der Waals surface area contributed by atoms with Crippen LogP contribution in [0, 0.1) is 17.2 Å². The molecule has 1 saturated carbocycles. The van der Waals surface area contributed by atoms with E-state index in [1.807, 2.05) is 0 Å². The van der Waals surface area contributed by atoms with E-state index in [9.17, 15) is 18.0 Å². The highest BCUT2D eigenvalue weighted by Gasteiger charge is 2.31. The topological polar surface area (TPSA) is 64.9 Å². The highest BCUT2D eigenvalue weighted by Crippen LogP contribution is 2.31. The van der Waals surface area contributed by atoms with Gasteiger partial charge in [0.1, 0.15) is 6.07 Å². The van der Waals surface area contributed by atoms with Gasteiger partial charge in [0.25, 0.3) is 0 Å². The Balaban J connectivity index is 1.79. The number of hydrogen-bond acceptors (Lipinski definition) is 3. The molecule has 0 atom stereocenters. The molecule has 7 heteroatoms. The molecule has 0 aliphatic heterocycles. The largest absolute Gasteiger partial charge is 0.416 e. The van der Waals surface area contributed by atoms with E-state index in [4.69, 9.17) is 5.26 Å². The number of benzene rings is 1. The molecular weight excluding hydrogens is 319 g/mol. The minimum Gasteiger partial charge on any atom is -0.382 e. The molecule has 0 saturated heterocycles. The summed E-state index contributed by atoms with van der Waals surface area (Å²) in [5.74, 6) is 0.467. The van der Waals surface area contributed by atoms with Gasteiger partial charge in [-0.25, -0.2) is 0 Å². The first kappa shape index (κ1) is 18.1. The van der Waals surface area contributed by atoms with Gasteiger partial charge >= 0.3 is 6.18 Å². The summed E-state index contributed by atoms with van der Waals surface area (Å²) in [6, 6.07) is 4.75. The molecule has 24 heavy (non-hydrogen) atoms. The zero-order valence-corrected chi connectivity index (χ0v) is 13.2. The van der Waals surface area contributed by atoms with Crippen LogP contribution in [0.15, 0.2) is 18.2 Å². The van der Waals surface area contributed by atoms with E-state index >= 15 is 0 Å². The number of anilines is 1. The number of hydrogen-bond donors (Lipinski definition) is 2. The summed E-state index contributed by atoms with van der Waals surface area (Å²) in [5.41, 5.74) is -0.591. The fraction of sp³-hybridized carbons (Fsp3) is 0.529. The van der Waals surface area contributed by atoms with Crippen molar-refractivity contribution < 1.29 is 18.0 Å². The van der Waals surface area contributed by atoms with Crippen LogP contribution in [-0.2, 0) is 11.0 Å². The number of halogens is 3. The highest BCUT2D eigenvalue weighted by molar-refractivity contribution is 5.76. The predicted molar refractivity (Wildman–Crippen MR) is 84.2 cm³/mol. The van der Waals surface area contributed by atoms with E-state index in [1.54, 1.807) is 6.07 Å². The molecule has 1 aromatic carbocycles. The maximum absolute atomic E-state index is 12.6. The van der Waals surface area contributed by atoms with Crippen LogP contribution in [0.1, 0.15) is 43.2 Å². The van der Waals surface area contributed by atoms with Crippen molar-refractivity contribution in [3.05, 3.63) is 29.3 Å². The SMILES string of the molecule is N#Cc1cc(C(F)(F)F)ccc1NCCNC(=O)CC1CCCC1. The number of nitrogens with zero attached hydrogens (tertiary/aromatic N) is 1. The van der Waals surface area contributed by atoms with Crippen LogP contribution >= 0.6 is 0 Å². The molecule has 1 amide bonds. The minimum absolute atomic E-state index is 0.00312. The number of alkyl halides is 3. The van der Waals surface area contributed by atoms with Crippen molar-refractivity contribution in [1.29, 1.82) is 5.26 Å². The average Bonchev–Trinajstić information content (AvgIpc) is 3.03. The summed E-state index contributed by atoms with van der Waals surface area (Å²) < 4.78 is 37.9. The summed E-state index contributed by atoms with van der Waals surface area (Å²) >= 11 is 0. The monoisotopic (exact) mass is 339 g/mol. The molecule has 0 radical (unpaired) electrons. The van der Waals surface area contributed by atoms with Gasteiger partial charge in [-0.1, -0.05) is 12.8 Å². The van der Waals surface area contributed by atoms with Gasteiger partial charge in [-0.2, -0.15) is 18.4 Å². The molecule has 0 aromatic heterocycles. The van der Waals surface area contributed by atoms with E-state index in [0.717, 1.165) is 25.0 Å². The third-order valence-corrected chi connectivity index (χ3v) is 4.18. The van der Waals surface area contributed by atoms with E-state index in [2.05, 4.69) is 10.6 Å². The van der Waals surface area contributed by atoms with Gasteiger partial charge in [-0.15, -0.1) is 0 Å². The van der Waals surface area contributed by atoms with E-state index < -0.39 is 11.7 Å². The lowest BCUT2D eigenvalue weighted by molar-refractivity contribution is -0.137. The van der Waals surface area contributed by atoms with Crippen LogP contribution in [0.25, 0.3) is 0 Å². The van der Waals surface area contributed by atoms with Gasteiger partial charge in [0.2, 0.25) is 5.91 Å². The third-order valence-electron chi connectivity index (χ3n) is 4.18. The Morgan fingerprint density at radius 1 is 1.25 bits per heavy atom.